The summed E-state index contributed by atoms with van der Waals surface area (Å²) in [6.45, 7) is 3.93. The highest BCUT2D eigenvalue weighted by molar-refractivity contribution is 6.10. The normalized spacial score (nSPS) is 16.9. The Balaban J connectivity index is 1.27. The summed E-state index contributed by atoms with van der Waals surface area (Å²) in [7, 11) is 0. The molecule has 12 nitrogen and oxygen atoms in total. The van der Waals surface area contributed by atoms with Gasteiger partial charge in [0.1, 0.15) is 17.9 Å². The number of fused-ring (bicyclic) bond motifs is 1. The number of hydrogen-bond donors (Lipinski definition) is 2. The van der Waals surface area contributed by atoms with Crippen molar-refractivity contribution in [2.45, 2.75) is 39.0 Å². The molecule has 6 rings (SSSR count). The number of aliphatic imine (C=N–C) groups is 1. The van der Waals surface area contributed by atoms with Gasteiger partial charge >= 0.3 is 0 Å². The van der Waals surface area contributed by atoms with Crippen molar-refractivity contribution in [1.82, 2.24) is 30.1 Å². The minimum atomic E-state index is -0.492. The molecule has 0 spiro atoms. The van der Waals surface area contributed by atoms with Gasteiger partial charge in [-0.25, -0.2) is 9.67 Å². The van der Waals surface area contributed by atoms with Gasteiger partial charge in [0, 0.05) is 42.5 Å². The van der Waals surface area contributed by atoms with Crippen LogP contribution in [0, 0.1) is 6.92 Å². The number of nitrogens with zero attached hydrogens (tertiary/aromatic N) is 6. The van der Waals surface area contributed by atoms with Crippen LogP contribution in [0.3, 0.4) is 0 Å². The Bertz CT molecular complexity index is 1730. The highest BCUT2D eigenvalue weighted by atomic mass is 16.3. The van der Waals surface area contributed by atoms with Crippen molar-refractivity contribution in [2.75, 3.05) is 31.5 Å². The molecule has 2 aromatic heterocycles. The summed E-state index contributed by atoms with van der Waals surface area (Å²) in [4.78, 5) is 47.8. The number of benzene rings is 2. The Labute approximate surface area is 254 Å². The summed E-state index contributed by atoms with van der Waals surface area (Å²) in [5.41, 5.74) is 2.76. The fraction of sp³-hybridized carbons (Fsp3) is 0.312. The van der Waals surface area contributed by atoms with Gasteiger partial charge in [0.15, 0.2) is 5.69 Å². The Kier molecular flexibility index (Phi) is 8.48. The zero-order valence-electron chi connectivity index (χ0n) is 24.5. The number of hydrogen-bond acceptors (Lipinski definition) is 7. The number of guanidine groups is 1. The molecule has 0 bridgehead atoms. The SMILES string of the molecule is Cc1cc2cc(NC(=N/C=C3\CCCCN(CC(=O)N4CCCC4)C3=O)NC(=O)c3cnnn3-c3ccccc3)ccc2o1. The van der Waals surface area contributed by atoms with E-state index in [4.69, 9.17) is 4.42 Å². The average Bonchev–Trinajstić information content (AvgIpc) is 3.79. The number of rotatable bonds is 6. The predicted molar refractivity (Wildman–Crippen MR) is 165 cm³/mol. The van der Waals surface area contributed by atoms with Crippen molar-refractivity contribution in [3.05, 3.63) is 84.0 Å². The molecular formula is C32H34N8O4. The molecule has 0 unspecified atom stereocenters. The molecule has 2 aliphatic rings. The molecule has 3 amide bonds. The molecular weight excluding hydrogens is 560 g/mol. The number of furan rings is 1. The first kappa shape index (κ1) is 28.8. The van der Waals surface area contributed by atoms with Gasteiger partial charge in [0.25, 0.3) is 11.8 Å². The number of amides is 3. The molecule has 4 aromatic rings. The lowest BCUT2D eigenvalue weighted by molar-refractivity contribution is -0.137. The highest BCUT2D eigenvalue weighted by Gasteiger charge is 2.27. The first-order chi connectivity index (χ1) is 21.4. The largest absolute Gasteiger partial charge is 0.461 e. The molecule has 226 valence electrons. The van der Waals surface area contributed by atoms with Gasteiger partial charge in [-0.05, 0) is 75.4 Å². The summed E-state index contributed by atoms with van der Waals surface area (Å²) >= 11 is 0. The zero-order valence-corrected chi connectivity index (χ0v) is 24.5. The van der Waals surface area contributed by atoms with Crippen LogP contribution in [0.5, 0.6) is 0 Å². The van der Waals surface area contributed by atoms with Crippen LogP contribution in [-0.2, 0) is 9.59 Å². The van der Waals surface area contributed by atoms with Crippen LogP contribution in [0.4, 0.5) is 5.69 Å². The number of carbonyl (C=O) groups is 3. The maximum absolute atomic E-state index is 13.5. The number of aromatic nitrogens is 3. The minimum absolute atomic E-state index is 0.0243. The van der Waals surface area contributed by atoms with Crippen molar-refractivity contribution >= 4 is 40.3 Å². The van der Waals surface area contributed by atoms with Crippen LogP contribution in [0.25, 0.3) is 16.7 Å². The molecule has 12 heteroatoms. The van der Waals surface area contributed by atoms with Gasteiger partial charge in [0.05, 0.1) is 11.9 Å². The van der Waals surface area contributed by atoms with Gasteiger partial charge in [-0.2, -0.15) is 0 Å². The lowest BCUT2D eigenvalue weighted by Gasteiger charge is -2.24. The second kappa shape index (κ2) is 12.9. The van der Waals surface area contributed by atoms with Crippen LogP contribution in [0.1, 0.15) is 48.4 Å². The van der Waals surface area contributed by atoms with Crippen LogP contribution >= 0.6 is 0 Å². The van der Waals surface area contributed by atoms with Crippen molar-refractivity contribution in [3.63, 3.8) is 0 Å². The first-order valence-electron chi connectivity index (χ1n) is 14.8. The molecule has 0 aliphatic carbocycles. The Morgan fingerprint density at radius 1 is 1.02 bits per heavy atom. The summed E-state index contributed by atoms with van der Waals surface area (Å²) < 4.78 is 7.13. The lowest BCUT2D eigenvalue weighted by atomic mass is 10.1. The summed E-state index contributed by atoms with van der Waals surface area (Å²) in [6.07, 6.45) is 6.95. The Morgan fingerprint density at radius 3 is 2.64 bits per heavy atom. The summed E-state index contributed by atoms with van der Waals surface area (Å²) in [5, 5.41) is 14.9. The molecule has 4 heterocycles. The van der Waals surface area contributed by atoms with E-state index in [0.29, 0.717) is 29.9 Å². The van der Waals surface area contributed by atoms with Crippen molar-refractivity contribution < 1.29 is 18.8 Å². The molecule has 0 radical (unpaired) electrons. The predicted octanol–water partition coefficient (Wildman–Crippen LogP) is 4.04. The first-order valence-corrected chi connectivity index (χ1v) is 14.8. The topological polar surface area (TPSA) is 138 Å². The van der Waals surface area contributed by atoms with Crippen molar-refractivity contribution in [3.8, 4) is 5.69 Å². The summed E-state index contributed by atoms with van der Waals surface area (Å²) in [5.74, 6) is 0.161. The Morgan fingerprint density at radius 2 is 1.82 bits per heavy atom. The van der Waals surface area contributed by atoms with E-state index in [9.17, 15) is 14.4 Å². The quantitative estimate of drug-likeness (QED) is 0.195. The zero-order chi connectivity index (χ0) is 30.5. The third-order valence-corrected chi connectivity index (χ3v) is 7.74. The van der Waals surface area contributed by atoms with E-state index in [1.54, 1.807) is 4.90 Å². The Hall–Kier alpha value is -5.26. The third kappa shape index (κ3) is 6.54. The maximum Gasteiger partial charge on any atom is 0.278 e. The number of aryl methyl sites for hydroxylation is 1. The van der Waals surface area contributed by atoms with Crippen molar-refractivity contribution in [2.24, 2.45) is 4.99 Å². The third-order valence-electron chi connectivity index (χ3n) is 7.74. The van der Waals surface area contributed by atoms with E-state index in [2.05, 4.69) is 25.9 Å². The number of para-hydroxylation sites is 1. The smallest absolute Gasteiger partial charge is 0.278 e. The molecule has 0 saturated carbocycles. The molecule has 2 aromatic carbocycles. The van der Waals surface area contributed by atoms with E-state index in [-0.39, 0.29) is 30.0 Å². The molecule has 44 heavy (non-hydrogen) atoms. The van der Waals surface area contributed by atoms with Gasteiger partial charge in [0.2, 0.25) is 11.9 Å². The second-order valence-electron chi connectivity index (χ2n) is 11.0. The number of anilines is 1. The average molecular weight is 595 g/mol. The van der Waals surface area contributed by atoms with E-state index in [1.165, 1.54) is 17.1 Å². The van der Waals surface area contributed by atoms with Crippen LogP contribution < -0.4 is 10.6 Å². The molecule has 2 N–H and O–H groups in total. The molecule has 2 fully saturated rings. The standard InChI is InChI=1S/C32H34N8O4/c1-22-17-24-18-25(12-13-28(24)44-22)35-32(36-30(42)27-20-34-37-40(27)26-10-3-2-4-11-26)33-19-23-9-5-6-16-39(31(23)43)21-29(41)38-14-7-8-15-38/h2-4,10-13,17-20H,5-9,14-16,21H2,1H3,(H2,33,35,36,42)/b23-19+. The van der Waals surface area contributed by atoms with Gasteiger partial charge in [-0.15, -0.1) is 5.10 Å². The van der Waals surface area contributed by atoms with Gasteiger partial charge in [-0.1, -0.05) is 23.4 Å². The fourth-order valence-electron chi connectivity index (χ4n) is 5.48. The molecule has 0 atom stereocenters. The lowest BCUT2D eigenvalue weighted by Crippen LogP contribution is -2.42. The van der Waals surface area contributed by atoms with E-state index in [0.717, 1.165) is 55.5 Å². The minimum Gasteiger partial charge on any atom is -0.461 e. The van der Waals surface area contributed by atoms with Crippen LogP contribution in [0.2, 0.25) is 0 Å². The van der Waals surface area contributed by atoms with E-state index >= 15 is 0 Å². The van der Waals surface area contributed by atoms with E-state index in [1.807, 2.05) is 66.4 Å². The monoisotopic (exact) mass is 594 g/mol. The number of nitrogens with one attached hydrogen (secondary N) is 2. The van der Waals surface area contributed by atoms with Crippen LogP contribution in [0.15, 0.2) is 82.0 Å². The van der Waals surface area contributed by atoms with Gasteiger partial charge in [-0.3, -0.25) is 19.7 Å². The second-order valence-corrected chi connectivity index (χ2v) is 11.0. The van der Waals surface area contributed by atoms with Crippen LogP contribution in [-0.4, -0.2) is 74.7 Å². The molecule has 2 saturated heterocycles. The van der Waals surface area contributed by atoms with Gasteiger partial charge < -0.3 is 19.5 Å². The highest BCUT2D eigenvalue weighted by Crippen LogP contribution is 2.23. The fourth-order valence-corrected chi connectivity index (χ4v) is 5.48. The number of carbonyl (C=O) groups excluding carboxylic acids is 3. The number of likely N-dealkylation sites (tertiary alicyclic amines) is 2. The summed E-state index contributed by atoms with van der Waals surface area (Å²) in [6, 6.07) is 16.7. The van der Waals surface area contributed by atoms with Crippen molar-refractivity contribution in [1.29, 1.82) is 0 Å². The molecule has 2 aliphatic heterocycles. The maximum atomic E-state index is 13.5. The van der Waals surface area contributed by atoms with E-state index < -0.39 is 5.91 Å².